The average Bonchev–Trinajstić information content (AvgIpc) is 3.15. The molecule has 1 aromatic heterocycles. The number of fused-ring (bicyclic) bond motifs is 1. The van der Waals surface area contributed by atoms with Gasteiger partial charge in [-0.3, -0.25) is 9.69 Å². The fraction of sp³-hybridized carbons (Fsp3) is 0.400. The number of carbonyl (C=O) groups excluding carboxylic acids is 2. The molecular formula is C20H24N2O5S. The van der Waals surface area contributed by atoms with Crippen molar-refractivity contribution < 1.29 is 23.8 Å². The van der Waals surface area contributed by atoms with E-state index in [0.29, 0.717) is 30.3 Å². The SMILES string of the molecule is CCOC(=O)c1ccsc1NC(=O)CN(CC)C[C@@H]1COc2ccccc2O1. The number of para-hydroxylation sites is 2. The monoisotopic (exact) mass is 404 g/mol. The second kappa shape index (κ2) is 9.57. The summed E-state index contributed by atoms with van der Waals surface area (Å²) in [4.78, 5) is 26.4. The first-order chi connectivity index (χ1) is 13.6. The van der Waals surface area contributed by atoms with Crippen LogP contribution in [0, 0.1) is 0 Å². The number of thiophene rings is 1. The highest BCUT2D eigenvalue weighted by Gasteiger charge is 2.24. The van der Waals surface area contributed by atoms with Gasteiger partial charge in [-0.1, -0.05) is 19.1 Å². The molecule has 2 heterocycles. The topological polar surface area (TPSA) is 77.1 Å². The van der Waals surface area contributed by atoms with Gasteiger partial charge >= 0.3 is 5.97 Å². The van der Waals surface area contributed by atoms with Crippen LogP contribution in [0.1, 0.15) is 24.2 Å². The molecule has 0 fully saturated rings. The summed E-state index contributed by atoms with van der Waals surface area (Å²) < 4.78 is 16.7. The van der Waals surface area contributed by atoms with Crippen LogP contribution >= 0.6 is 11.3 Å². The Morgan fingerprint density at radius 2 is 2.04 bits per heavy atom. The van der Waals surface area contributed by atoms with Crippen LogP contribution in [0.2, 0.25) is 0 Å². The van der Waals surface area contributed by atoms with Gasteiger partial charge < -0.3 is 19.5 Å². The Morgan fingerprint density at radius 1 is 1.25 bits per heavy atom. The third-order valence-electron chi connectivity index (χ3n) is 4.26. The summed E-state index contributed by atoms with van der Waals surface area (Å²) in [6, 6.07) is 9.20. The van der Waals surface area contributed by atoms with Crippen LogP contribution in [-0.4, -0.2) is 55.7 Å². The molecule has 0 aliphatic carbocycles. The lowest BCUT2D eigenvalue weighted by molar-refractivity contribution is -0.117. The number of hydrogen-bond donors (Lipinski definition) is 1. The highest BCUT2D eigenvalue weighted by atomic mass is 32.1. The Morgan fingerprint density at radius 3 is 2.79 bits per heavy atom. The lowest BCUT2D eigenvalue weighted by Crippen LogP contribution is -2.43. The predicted octanol–water partition coefficient (Wildman–Crippen LogP) is 3.03. The first-order valence-electron chi connectivity index (χ1n) is 9.26. The molecule has 1 atom stereocenters. The molecule has 0 unspecified atom stereocenters. The van der Waals surface area contributed by atoms with Crippen LogP contribution in [0.15, 0.2) is 35.7 Å². The Balaban J connectivity index is 1.55. The molecular weight excluding hydrogens is 380 g/mol. The molecule has 1 aliphatic heterocycles. The van der Waals surface area contributed by atoms with Gasteiger partial charge in [0.05, 0.1) is 18.7 Å². The predicted molar refractivity (Wildman–Crippen MR) is 107 cm³/mol. The molecule has 3 rings (SSSR count). The van der Waals surface area contributed by atoms with Gasteiger partial charge in [0.15, 0.2) is 11.5 Å². The first kappa shape index (κ1) is 20.2. The molecule has 7 nitrogen and oxygen atoms in total. The molecule has 0 saturated heterocycles. The van der Waals surface area contributed by atoms with Crippen molar-refractivity contribution in [1.82, 2.24) is 4.90 Å². The Kier molecular flexibility index (Phi) is 6.89. The highest BCUT2D eigenvalue weighted by Crippen LogP contribution is 2.31. The number of rotatable bonds is 8. The van der Waals surface area contributed by atoms with E-state index in [1.165, 1.54) is 11.3 Å². The number of esters is 1. The summed E-state index contributed by atoms with van der Waals surface area (Å²) in [5.74, 6) is 0.838. The molecule has 150 valence electrons. The lowest BCUT2D eigenvalue weighted by atomic mass is 10.2. The van der Waals surface area contributed by atoms with Crippen molar-refractivity contribution in [2.45, 2.75) is 20.0 Å². The lowest BCUT2D eigenvalue weighted by Gasteiger charge is -2.30. The van der Waals surface area contributed by atoms with E-state index in [9.17, 15) is 9.59 Å². The summed E-state index contributed by atoms with van der Waals surface area (Å²) in [7, 11) is 0. The van der Waals surface area contributed by atoms with Crippen LogP contribution in [0.5, 0.6) is 11.5 Å². The quantitative estimate of drug-likeness (QED) is 0.682. The molecule has 2 aromatic rings. The number of hydrogen-bond acceptors (Lipinski definition) is 7. The molecule has 1 aliphatic rings. The number of amides is 1. The van der Waals surface area contributed by atoms with Crippen LogP contribution in [0.25, 0.3) is 0 Å². The molecule has 1 aromatic carbocycles. The zero-order valence-corrected chi connectivity index (χ0v) is 16.8. The maximum Gasteiger partial charge on any atom is 0.341 e. The van der Waals surface area contributed by atoms with Crippen LogP contribution in [0.3, 0.4) is 0 Å². The zero-order chi connectivity index (χ0) is 19.9. The maximum absolute atomic E-state index is 12.5. The number of nitrogens with one attached hydrogen (secondary N) is 1. The first-order valence-corrected chi connectivity index (χ1v) is 10.1. The molecule has 0 bridgehead atoms. The minimum absolute atomic E-state index is 0.153. The van der Waals surface area contributed by atoms with E-state index in [1.54, 1.807) is 18.4 Å². The van der Waals surface area contributed by atoms with E-state index in [-0.39, 0.29) is 25.2 Å². The summed E-state index contributed by atoms with van der Waals surface area (Å²) in [6.45, 7) is 5.90. The van der Waals surface area contributed by atoms with Gasteiger partial charge in [0.2, 0.25) is 5.91 Å². The van der Waals surface area contributed by atoms with Gasteiger partial charge in [0, 0.05) is 6.54 Å². The normalized spacial score (nSPS) is 15.3. The van der Waals surface area contributed by atoms with Crippen LogP contribution < -0.4 is 14.8 Å². The molecule has 1 N–H and O–H groups in total. The van der Waals surface area contributed by atoms with E-state index in [4.69, 9.17) is 14.2 Å². The molecule has 0 saturated carbocycles. The smallest absolute Gasteiger partial charge is 0.341 e. The molecule has 0 spiro atoms. The van der Waals surface area contributed by atoms with E-state index in [2.05, 4.69) is 5.32 Å². The van der Waals surface area contributed by atoms with Gasteiger partial charge in [-0.2, -0.15) is 0 Å². The third-order valence-corrected chi connectivity index (χ3v) is 5.09. The van der Waals surface area contributed by atoms with E-state index >= 15 is 0 Å². The van der Waals surface area contributed by atoms with Crippen molar-refractivity contribution in [3.05, 3.63) is 41.3 Å². The van der Waals surface area contributed by atoms with Crippen LogP contribution in [0.4, 0.5) is 5.00 Å². The standard InChI is InChI=1S/C20H24N2O5S/c1-3-22(11-14-13-26-16-7-5-6-8-17(16)27-14)12-18(23)21-19-15(9-10-28-19)20(24)25-4-2/h5-10,14H,3-4,11-13H2,1-2H3,(H,21,23)/t14-/m1/s1. The number of nitrogens with zero attached hydrogens (tertiary/aromatic N) is 1. The number of carbonyl (C=O) groups is 2. The minimum atomic E-state index is -0.433. The number of anilines is 1. The second-order valence-electron chi connectivity index (χ2n) is 6.26. The van der Waals surface area contributed by atoms with Crippen molar-refractivity contribution in [2.75, 3.05) is 38.2 Å². The van der Waals surface area contributed by atoms with E-state index < -0.39 is 5.97 Å². The van der Waals surface area contributed by atoms with Gasteiger partial charge in [-0.05, 0) is 37.0 Å². The molecule has 0 radical (unpaired) electrons. The second-order valence-corrected chi connectivity index (χ2v) is 7.17. The minimum Gasteiger partial charge on any atom is -0.486 e. The van der Waals surface area contributed by atoms with Crippen molar-refractivity contribution in [3.63, 3.8) is 0 Å². The molecule has 28 heavy (non-hydrogen) atoms. The zero-order valence-electron chi connectivity index (χ0n) is 16.0. The highest BCUT2D eigenvalue weighted by molar-refractivity contribution is 7.14. The summed E-state index contributed by atoms with van der Waals surface area (Å²) in [5.41, 5.74) is 0.379. The van der Waals surface area contributed by atoms with Gasteiger partial charge in [0.25, 0.3) is 0 Å². The Bertz CT molecular complexity index is 822. The fourth-order valence-corrected chi connectivity index (χ4v) is 3.68. The molecule has 1 amide bonds. The van der Waals surface area contributed by atoms with Crippen molar-refractivity contribution in [3.8, 4) is 11.5 Å². The Hall–Kier alpha value is -2.58. The number of likely N-dealkylation sites (N-methyl/N-ethyl adjacent to an activating group) is 1. The van der Waals surface area contributed by atoms with Crippen molar-refractivity contribution in [2.24, 2.45) is 0 Å². The number of benzene rings is 1. The Labute approximate surface area is 168 Å². The third kappa shape index (κ3) is 5.02. The summed E-state index contributed by atoms with van der Waals surface area (Å²) in [6.07, 6.45) is -0.153. The van der Waals surface area contributed by atoms with Gasteiger partial charge in [-0.25, -0.2) is 4.79 Å². The largest absolute Gasteiger partial charge is 0.486 e. The molecule has 8 heteroatoms. The van der Waals surface area contributed by atoms with E-state index in [1.807, 2.05) is 36.1 Å². The van der Waals surface area contributed by atoms with Gasteiger partial charge in [-0.15, -0.1) is 11.3 Å². The van der Waals surface area contributed by atoms with Gasteiger partial charge in [0.1, 0.15) is 17.7 Å². The maximum atomic E-state index is 12.5. The van der Waals surface area contributed by atoms with E-state index in [0.717, 1.165) is 11.5 Å². The summed E-state index contributed by atoms with van der Waals surface area (Å²) >= 11 is 1.30. The summed E-state index contributed by atoms with van der Waals surface area (Å²) in [5, 5.41) is 5.07. The van der Waals surface area contributed by atoms with Crippen LogP contribution in [-0.2, 0) is 9.53 Å². The fourth-order valence-electron chi connectivity index (χ4n) is 2.89. The van der Waals surface area contributed by atoms with Crippen molar-refractivity contribution >= 4 is 28.2 Å². The average molecular weight is 404 g/mol. The number of ether oxygens (including phenoxy) is 3. The van der Waals surface area contributed by atoms with Crippen molar-refractivity contribution in [1.29, 1.82) is 0 Å².